The molecule has 15 heavy (non-hydrogen) atoms. The standard InChI is InChI=1S/C7H13NO.C4H10OS.H2/c1-6(8)7-4-2-3-5-9-7;1-4(2,3)6-5;/h3,5-7H,2,4,8H2,1H3;5H,1-3H3;1H/t6-,7+;;/m1../s1. The summed E-state index contributed by atoms with van der Waals surface area (Å²) in [6.07, 6.45) is 6.19. The average Bonchev–Trinajstić information content (AvgIpc) is 2.19. The van der Waals surface area contributed by atoms with Crippen molar-refractivity contribution in [3.63, 3.8) is 0 Å². The lowest BCUT2D eigenvalue weighted by atomic mass is 10.1. The van der Waals surface area contributed by atoms with Crippen LogP contribution in [0.2, 0.25) is 0 Å². The molecule has 0 saturated heterocycles. The Bertz CT molecular complexity index is 193. The highest BCUT2D eigenvalue weighted by Crippen LogP contribution is 2.17. The van der Waals surface area contributed by atoms with E-state index >= 15 is 0 Å². The van der Waals surface area contributed by atoms with Crippen molar-refractivity contribution in [3.05, 3.63) is 12.3 Å². The van der Waals surface area contributed by atoms with Gasteiger partial charge >= 0.3 is 0 Å². The molecule has 0 saturated carbocycles. The van der Waals surface area contributed by atoms with Gasteiger partial charge in [0.25, 0.3) is 0 Å². The van der Waals surface area contributed by atoms with Gasteiger partial charge < -0.3 is 15.0 Å². The molecular formula is C11H25NO2S. The summed E-state index contributed by atoms with van der Waals surface area (Å²) in [5, 5.41) is 0. The normalized spacial score (nSPS) is 22.4. The Balaban J connectivity index is 0. The molecule has 0 aromatic rings. The summed E-state index contributed by atoms with van der Waals surface area (Å²) in [4.78, 5) is 0. The fourth-order valence-corrected chi connectivity index (χ4v) is 0.940. The van der Waals surface area contributed by atoms with Gasteiger partial charge in [-0.05, 0) is 58.7 Å². The predicted octanol–water partition coefficient (Wildman–Crippen LogP) is 3.26. The van der Waals surface area contributed by atoms with Crippen molar-refractivity contribution in [2.45, 2.75) is 57.4 Å². The van der Waals surface area contributed by atoms with Crippen LogP contribution >= 0.6 is 12.0 Å². The third-order valence-corrected chi connectivity index (χ3v) is 2.38. The van der Waals surface area contributed by atoms with Crippen LogP contribution in [0.1, 0.15) is 42.0 Å². The van der Waals surface area contributed by atoms with Crippen LogP contribution in [0.15, 0.2) is 12.3 Å². The maximum Gasteiger partial charge on any atom is 0.113 e. The van der Waals surface area contributed by atoms with Gasteiger partial charge in [-0.3, -0.25) is 0 Å². The third-order valence-electron chi connectivity index (χ3n) is 1.83. The molecule has 92 valence electrons. The minimum Gasteiger partial charge on any atom is -0.497 e. The first-order chi connectivity index (χ1) is 6.87. The number of hydrogen-bond acceptors (Lipinski definition) is 4. The number of allylic oxidation sites excluding steroid dienone is 1. The first kappa shape index (κ1) is 14.8. The van der Waals surface area contributed by atoms with Gasteiger partial charge in [-0.15, -0.1) is 0 Å². The second-order valence-electron chi connectivity index (χ2n) is 4.69. The molecule has 0 bridgehead atoms. The van der Waals surface area contributed by atoms with Gasteiger partial charge in [0.2, 0.25) is 0 Å². The molecule has 0 fully saturated rings. The molecule has 0 aromatic heterocycles. The number of hydrogen-bond donors (Lipinski definition) is 2. The van der Waals surface area contributed by atoms with E-state index in [1.807, 2.05) is 33.8 Å². The van der Waals surface area contributed by atoms with Crippen molar-refractivity contribution < 1.29 is 10.7 Å². The van der Waals surface area contributed by atoms with E-state index in [0.29, 0.717) is 0 Å². The maximum absolute atomic E-state index is 8.32. The molecule has 0 amide bonds. The van der Waals surface area contributed by atoms with E-state index in [1.165, 1.54) is 0 Å². The van der Waals surface area contributed by atoms with Crippen LogP contribution in [0.3, 0.4) is 0 Å². The largest absolute Gasteiger partial charge is 0.497 e. The van der Waals surface area contributed by atoms with Gasteiger partial charge in [0.15, 0.2) is 0 Å². The SMILES string of the molecule is CC(C)(C)SO.C[C@@H](N)[C@@H]1CCC=CO1.[HH]. The molecule has 0 radical (unpaired) electrons. The van der Waals surface area contributed by atoms with Gasteiger partial charge in [-0.25, -0.2) is 0 Å². The Morgan fingerprint density at radius 1 is 1.60 bits per heavy atom. The lowest BCUT2D eigenvalue weighted by Crippen LogP contribution is -2.33. The summed E-state index contributed by atoms with van der Waals surface area (Å²) >= 11 is 0.882. The first-order valence-electron chi connectivity index (χ1n) is 5.25. The Morgan fingerprint density at radius 3 is 2.33 bits per heavy atom. The smallest absolute Gasteiger partial charge is 0.113 e. The first-order valence-corrected chi connectivity index (χ1v) is 6.03. The molecule has 1 rings (SSSR count). The van der Waals surface area contributed by atoms with Crippen molar-refractivity contribution in [2.75, 3.05) is 0 Å². The molecule has 1 aliphatic heterocycles. The summed E-state index contributed by atoms with van der Waals surface area (Å²) in [5.41, 5.74) is 5.61. The Labute approximate surface area is 98.8 Å². The molecule has 0 aromatic carbocycles. The van der Waals surface area contributed by atoms with Crippen LogP contribution in [-0.2, 0) is 4.74 Å². The van der Waals surface area contributed by atoms with E-state index in [2.05, 4.69) is 0 Å². The van der Waals surface area contributed by atoms with Crippen LogP contribution in [0.4, 0.5) is 0 Å². The van der Waals surface area contributed by atoms with Crippen molar-refractivity contribution in [1.29, 1.82) is 0 Å². The summed E-state index contributed by atoms with van der Waals surface area (Å²) in [6.45, 7) is 7.84. The van der Waals surface area contributed by atoms with Gasteiger partial charge in [0.1, 0.15) is 6.10 Å². The molecule has 2 atom stereocenters. The van der Waals surface area contributed by atoms with Crippen LogP contribution < -0.4 is 5.73 Å². The highest BCUT2D eigenvalue weighted by atomic mass is 32.2. The highest BCUT2D eigenvalue weighted by molar-refractivity contribution is 7.95. The summed E-state index contributed by atoms with van der Waals surface area (Å²) in [6, 6.07) is 0.162. The van der Waals surface area contributed by atoms with Crippen molar-refractivity contribution in [3.8, 4) is 0 Å². The van der Waals surface area contributed by atoms with Gasteiger partial charge in [0.05, 0.1) is 6.26 Å². The molecule has 3 nitrogen and oxygen atoms in total. The summed E-state index contributed by atoms with van der Waals surface area (Å²) in [7, 11) is 0. The van der Waals surface area contributed by atoms with E-state index in [1.54, 1.807) is 6.26 Å². The Kier molecular flexibility index (Phi) is 7.05. The quantitative estimate of drug-likeness (QED) is 0.685. The zero-order valence-electron chi connectivity index (χ0n) is 10.1. The average molecular weight is 235 g/mol. The van der Waals surface area contributed by atoms with E-state index in [9.17, 15) is 0 Å². The van der Waals surface area contributed by atoms with Gasteiger partial charge in [0, 0.05) is 12.2 Å². The van der Waals surface area contributed by atoms with Crippen molar-refractivity contribution in [2.24, 2.45) is 5.73 Å². The van der Waals surface area contributed by atoms with E-state index in [-0.39, 0.29) is 18.3 Å². The number of ether oxygens (including phenoxy) is 1. The number of rotatable bonds is 1. The summed E-state index contributed by atoms with van der Waals surface area (Å²) in [5.74, 6) is 0. The Morgan fingerprint density at radius 2 is 2.13 bits per heavy atom. The molecule has 3 N–H and O–H groups in total. The molecule has 0 aliphatic carbocycles. The summed E-state index contributed by atoms with van der Waals surface area (Å²) < 4.78 is 13.6. The molecular weight excluding hydrogens is 210 g/mol. The van der Waals surface area contributed by atoms with E-state index < -0.39 is 0 Å². The van der Waals surface area contributed by atoms with E-state index in [4.69, 9.17) is 15.0 Å². The van der Waals surface area contributed by atoms with Crippen LogP contribution in [0.25, 0.3) is 0 Å². The lowest BCUT2D eigenvalue weighted by molar-refractivity contribution is 0.105. The Hall–Kier alpha value is -0.190. The van der Waals surface area contributed by atoms with Crippen LogP contribution in [0, 0.1) is 0 Å². The highest BCUT2D eigenvalue weighted by Gasteiger charge is 2.14. The third kappa shape index (κ3) is 8.78. The topological polar surface area (TPSA) is 55.5 Å². The molecule has 1 aliphatic rings. The zero-order chi connectivity index (χ0) is 11.9. The molecule has 0 unspecified atom stereocenters. The second kappa shape index (κ2) is 7.14. The maximum atomic E-state index is 8.32. The van der Waals surface area contributed by atoms with Crippen molar-refractivity contribution in [1.82, 2.24) is 0 Å². The fourth-order valence-electron chi connectivity index (χ4n) is 0.940. The van der Waals surface area contributed by atoms with Crippen molar-refractivity contribution >= 4 is 12.0 Å². The molecule has 0 spiro atoms. The zero-order valence-corrected chi connectivity index (χ0v) is 10.9. The second-order valence-corrected chi connectivity index (χ2v) is 6.09. The van der Waals surface area contributed by atoms with E-state index in [0.717, 1.165) is 24.9 Å². The minimum absolute atomic E-state index is 0. The monoisotopic (exact) mass is 235 g/mol. The predicted molar refractivity (Wildman–Crippen MR) is 69.0 cm³/mol. The number of nitrogens with two attached hydrogens (primary N) is 1. The minimum atomic E-state index is 0. The fraction of sp³-hybridized carbons (Fsp3) is 0.818. The van der Waals surface area contributed by atoms with Crippen LogP contribution in [0.5, 0.6) is 0 Å². The van der Waals surface area contributed by atoms with Crippen LogP contribution in [-0.4, -0.2) is 21.4 Å². The van der Waals surface area contributed by atoms with Gasteiger partial charge in [-0.2, -0.15) is 0 Å². The lowest BCUT2D eigenvalue weighted by Gasteiger charge is -2.22. The molecule has 1 heterocycles. The van der Waals surface area contributed by atoms with Gasteiger partial charge in [-0.1, -0.05) is 0 Å². The molecule has 4 heteroatoms.